The Bertz CT molecular complexity index is 1070. The van der Waals surface area contributed by atoms with Crippen molar-refractivity contribution in [1.82, 2.24) is 14.8 Å². The van der Waals surface area contributed by atoms with Crippen LogP contribution in [0, 0.1) is 0 Å². The van der Waals surface area contributed by atoms with Gasteiger partial charge in [0.1, 0.15) is 5.69 Å². The largest absolute Gasteiger partial charge is 0.369 e. The first-order valence-electron chi connectivity index (χ1n) is 11.1. The number of hydrogen-bond donors (Lipinski definition) is 0. The monoisotopic (exact) mass is 434 g/mol. The highest BCUT2D eigenvalue weighted by molar-refractivity contribution is 6.30. The minimum absolute atomic E-state index is 0.0547. The molecule has 31 heavy (non-hydrogen) atoms. The third-order valence-electron chi connectivity index (χ3n) is 6.56. The SMILES string of the molecule is O=C(c1nccc2ccccc12)N1CCCC(N2CCN(c3cccc(Cl)c3)CC2)C1. The number of likely N-dealkylation sites (tertiary alicyclic amines) is 1. The van der Waals surface area contributed by atoms with Gasteiger partial charge in [-0.05, 0) is 42.5 Å². The Morgan fingerprint density at radius 3 is 2.65 bits per heavy atom. The first-order chi connectivity index (χ1) is 15.2. The molecule has 0 radical (unpaired) electrons. The number of rotatable bonds is 3. The van der Waals surface area contributed by atoms with E-state index in [0.717, 1.165) is 67.9 Å². The maximum atomic E-state index is 13.3. The van der Waals surface area contributed by atoms with Crippen LogP contribution in [-0.4, -0.2) is 66.0 Å². The molecule has 1 amide bonds. The van der Waals surface area contributed by atoms with Crippen molar-refractivity contribution in [3.05, 3.63) is 71.5 Å². The highest BCUT2D eigenvalue weighted by Crippen LogP contribution is 2.25. The lowest BCUT2D eigenvalue weighted by molar-refractivity contribution is 0.0560. The molecule has 0 aliphatic carbocycles. The van der Waals surface area contributed by atoms with Gasteiger partial charge < -0.3 is 9.80 Å². The Morgan fingerprint density at radius 2 is 1.81 bits per heavy atom. The molecule has 2 fully saturated rings. The summed E-state index contributed by atoms with van der Waals surface area (Å²) in [6.07, 6.45) is 3.92. The van der Waals surface area contributed by atoms with Gasteiger partial charge in [-0.2, -0.15) is 0 Å². The molecule has 1 atom stereocenters. The number of carbonyl (C=O) groups excluding carboxylic acids is 1. The van der Waals surface area contributed by atoms with Crippen LogP contribution in [-0.2, 0) is 0 Å². The van der Waals surface area contributed by atoms with E-state index in [-0.39, 0.29) is 5.91 Å². The van der Waals surface area contributed by atoms with E-state index in [2.05, 4.69) is 20.9 Å². The van der Waals surface area contributed by atoms with Gasteiger partial charge in [0, 0.05) is 67.6 Å². The van der Waals surface area contributed by atoms with E-state index in [4.69, 9.17) is 11.6 Å². The van der Waals surface area contributed by atoms with Crippen molar-refractivity contribution in [2.45, 2.75) is 18.9 Å². The van der Waals surface area contributed by atoms with E-state index in [1.165, 1.54) is 5.69 Å². The molecule has 0 N–H and O–H groups in total. The molecule has 6 heteroatoms. The Kier molecular flexibility index (Phi) is 5.79. The molecule has 3 aromatic rings. The Morgan fingerprint density at radius 1 is 0.968 bits per heavy atom. The molecular formula is C25H27ClN4O. The quantitative estimate of drug-likeness (QED) is 0.615. The van der Waals surface area contributed by atoms with Gasteiger partial charge in [-0.3, -0.25) is 14.7 Å². The van der Waals surface area contributed by atoms with Gasteiger partial charge in [0.15, 0.2) is 0 Å². The fourth-order valence-corrected chi connectivity index (χ4v) is 5.08. The van der Waals surface area contributed by atoms with E-state index in [1.807, 2.05) is 53.4 Å². The minimum atomic E-state index is 0.0547. The fraction of sp³-hybridized carbons (Fsp3) is 0.360. The lowest BCUT2D eigenvalue weighted by Gasteiger charge is -2.44. The molecule has 3 heterocycles. The van der Waals surface area contributed by atoms with Crippen molar-refractivity contribution >= 4 is 34.0 Å². The highest BCUT2D eigenvalue weighted by Gasteiger charge is 2.31. The molecule has 2 saturated heterocycles. The van der Waals surface area contributed by atoms with Crippen LogP contribution >= 0.6 is 11.6 Å². The number of carbonyl (C=O) groups is 1. The molecule has 2 aromatic carbocycles. The van der Waals surface area contributed by atoms with Gasteiger partial charge in [0.25, 0.3) is 5.91 Å². The number of piperidine rings is 1. The zero-order valence-corrected chi connectivity index (χ0v) is 18.3. The van der Waals surface area contributed by atoms with Gasteiger partial charge in [-0.15, -0.1) is 0 Å². The number of fused-ring (bicyclic) bond motifs is 1. The van der Waals surface area contributed by atoms with Crippen LogP contribution in [0.3, 0.4) is 0 Å². The van der Waals surface area contributed by atoms with Crippen molar-refractivity contribution < 1.29 is 4.79 Å². The molecule has 1 unspecified atom stereocenters. The smallest absolute Gasteiger partial charge is 0.273 e. The van der Waals surface area contributed by atoms with Crippen molar-refractivity contribution in [1.29, 1.82) is 0 Å². The summed E-state index contributed by atoms with van der Waals surface area (Å²) in [6.45, 7) is 5.56. The summed E-state index contributed by atoms with van der Waals surface area (Å²) in [5.41, 5.74) is 1.76. The third kappa shape index (κ3) is 4.25. The lowest BCUT2D eigenvalue weighted by Crippen LogP contribution is -2.56. The summed E-state index contributed by atoms with van der Waals surface area (Å²) in [5, 5.41) is 2.78. The van der Waals surface area contributed by atoms with Gasteiger partial charge in [-0.1, -0.05) is 41.9 Å². The maximum Gasteiger partial charge on any atom is 0.273 e. The molecule has 2 aliphatic rings. The first kappa shape index (κ1) is 20.3. The van der Waals surface area contributed by atoms with Gasteiger partial charge in [0.05, 0.1) is 0 Å². The summed E-state index contributed by atoms with van der Waals surface area (Å²) in [5.74, 6) is 0.0547. The molecule has 2 aliphatic heterocycles. The number of pyridine rings is 1. The second-order valence-electron chi connectivity index (χ2n) is 8.43. The number of piperazine rings is 1. The summed E-state index contributed by atoms with van der Waals surface area (Å²) >= 11 is 6.17. The minimum Gasteiger partial charge on any atom is -0.369 e. The molecule has 0 spiro atoms. The van der Waals surface area contributed by atoms with E-state index in [9.17, 15) is 4.79 Å². The van der Waals surface area contributed by atoms with E-state index in [1.54, 1.807) is 6.20 Å². The molecule has 160 valence electrons. The van der Waals surface area contributed by atoms with E-state index >= 15 is 0 Å². The predicted molar refractivity (Wildman–Crippen MR) is 126 cm³/mol. The molecule has 1 aromatic heterocycles. The number of nitrogens with zero attached hydrogens (tertiary/aromatic N) is 4. The fourth-order valence-electron chi connectivity index (χ4n) is 4.90. The van der Waals surface area contributed by atoms with Gasteiger partial charge in [-0.25, -0.2) is 0 Å². The third-order valence-corrected chi connectivity index (χ3v) is 6.80. The standard InChI is InChI=1S/C25H27ClN4O/c26-20-6-3-7-21(17-20)28-13-15-29(16-14-28)22-8-4-12-30(18-22)25(31)24-23-9-2-1-5-19(23)10-11-27-24/h1-3,5-7,9-11,17,22H,4,8,12-16,18H2. The van der Waals surface area contributed by atoms with Crippen molar-refractivity contribution in [2.75, 3.05) is 44.2 Å². The first-order valence-corrected chi connectivity index (χ1v) is 11.4. The second kappa shape index (κ2) is 8.85. The highest BCUT2D eigenvalue weighted by atomic mass is 35.5. The average Bonchev–Trinajstić information content (AvgIpc) is 2.83. The van der Waals surface area contributed by atoms with Crippen molar-refractivity contribution in [2.24, 2.45) is 0 Å². The maximum absolute atomic E-state index is 13.3. The van der Waals surface area contributed by atoms with Crippen LogP contribution in [0.5, 0.6) is 0 Å². The molecular weight excluding hydrogens is 408 g/mol. The Hall–Kier alpha value is -2.63. The van der Waals surface area contributed by atoms with Crippen LogP contribution in [0.15, 0.2) is 60.8 Å². The van der Waals surface area contributed by atoms with Gasteiger partial charge in [0.2, 0.25) is 0 Å². The molecule has 0 bridgehead atoms. The van der Waals surface area contributed by atoms with Crippen LogP contribution < -0.4 is 4.90 Å². The normalized spacial score (nSPS) is 20.2. The Balaban J connectivity index is 1.25. The van der Waals surface area contributed by atoms with Crippen LogP contribution in [0.25, 0.3) is 10.8 Å². The lowest BCUT2D eigenvalue weighted by atomic mass is 10.0. The molecule has 5 rings (SSSR count). The van der Waals surface area contributed by atoms with E-state index < -0.39 is 0 Å². The van der Waals surface area contributed by atoms with Crippen molar-refractivity contribution in [3.63, 3.8) is 0 Å². The number of aromatic nitrogens is 1. The number of amides is 1. The van der Waals surface area contributed by atoms with E-state index in [0.29, 0.717) is 11.7 Å². The number of benzene rings is 2. The molecule has 0 saturated carbocycles. The Labute approximate surface area is 188 Å². The van der Waals surface area contributed by atoms with Crippen molar-refractivity contribution in [3.8, 4) is 0 Å². The summed E-state index contributed by atoms with van der Waals surface area (Å²) in [6, 6.07) is 18.5. The molecule has 5 nitrogen and oxygen atoms in total. The summed E-state index contributed by atoms with van der Waals surface area (Å²) < 4.78 is 0. The topological polar surface area (TPSA) is 39.7 Å². The average molecular weight is 435 g/mol. The second-order valence-corrected chi connectivity index (χ2v) is 8.87. The predicted octanol–water partition coefficient (Wildman–Crippen LogP) is 4.32. The zero-order valence-electron chi connectivity index (χ0n) is 17.6. The van der Waals surface area contributed by atoms with Crippen LogP contribution in [0.2, 0.25) is 5.02 Å². The van der Waals surface area contributed by atoms with Gasteiger partial charge >= 0.3 is 0 Å². The van der Waals surface area contributed by atoms with Crippen LogP contribution in [0.4, 0.5) is 5.69 Å². The summed E-state index contributed by atoms with van der Waals surface area (Å²) in [7, 11) is 0. The summed E-state index contributed by atoms with van der Waals surface area (Å²) in [4.78, 5) is 24.7. The number of hydrogen-bond acceptors (Lipinski definition) is 4. The number of anilines is 1. The zero-order chi connectivity index (χ0) is 21.2. The van der Waals surface area contributed by atoms with Crippen LogP contribution in [0.1, 0.15) is 23.3 Å². The number of halogens is 1.